The van der Waals surface area contributed by atoms with E-state index in [9.17, 15) is 0 Å². The van der Waals surface area contributed by atoms with Gasteiger partial charge >= 0.3 is 0 Å². The molecule has 0 heterocycles. The van der Waals surface area contributed by atoms with Gasteiger partial charge in [0, 0.05) is 6.04 Å². The van der Waals surface area contributed by atoms with E-state index in [0.29, 0.717) is 23.7 Å². The minimum atomic E-state index is -0.0496. The van der Waals surface area contributed by atoms with Crippen LogP contribution in [0.15, 0.2) is 42.5 Å². The highest BCUT2D eigenvalue weighted by molar-refractivity contribution is 5.44. The van der Waals surface area contributed by atoms with E-state index in [1.165, 1.54) is 0 Å². The number of hydrogen-bond acceptors (Lipinski definition) is 4. The standard InChI is InChI=1S/C17H18N2O2/c1-12(19)15-7-8-16(17(9-15)20-2)21-11-14-5-3-13(10-18)4-6-14/h3-9,12H,11,19H2,1-2H3. The molecule has 2 aromatic rings. The normalized spacial score (nSPS) is 11.5. The molecule has 0 bridgehead atoms. The van der Waals surface area contributed by atoms with Gasteiger partial charge in [0.15, 0.2) is 11.5 Å². The Labute approximate surface area is 124 Å². The molecule has 0 aliphatic rings. The van der Waals surface area contributed by atoms with Crippen molar-refractivity contribution in [1.82, 2.24) is 0 Å². The smallest absolute Gasteiger partial charge is 0.161 e. The maximum atomic E-state index is 8.77. The highest BCUT2D eigenvalue weighted by atomic mass is 16.5. The van der Waals surface area contributed by atoms with Crippen molar-refractivity contribution in [2.75, 3.05) is 7.11 Å². The number of methoxy groups -OCH3 is 1. The van der Waals surface area contributed by atoms with Gasteiger partial charge in [-0.15, -0.1) is 0 Å². The third kappa shape index (κ3) is 3.74. The predicted molar refractivity (Wildman–Crippen MR) is 81.1 cm³/mol. The third-order valence-corrected chi connectivity index (χ3v) is 3.19. The molecule has 0 aliphatic carbocycles. The molecule has 2 aromatic carbocycles. The van der Waals surface area contributed by atoms with Gasteiger partial charge in [-0.1, -0.05) is 18.2 Å². The zero-order valence-corrected chi connectivity index (χ0v) is 12.2. The summed E-state index contributed by atoms with van der Waals surface area (Å²) in [4.78, 5) is 0. The van der Waals surface area contributed by atoms with Crippen molar-refractivity contribution in [3.63, 3.8) is 0 Å². The van der Waals surface area contributed by atoms with Crippen LogP contribution in [0.5, 0.6) is 11.5 Å². The van der Waals surface area contributed by atoms with Crippen LogP contribution in [0.1, 0.15) is 29.7 Å². The van der Waals surface area contributed by atoms with Gasteiger partial charge in [-0.3, -0.25) is 0 Å². The summed E-state index contributed by atoms with van der Waals surface area (Å²) >= 11 is 0. The zero-order valence-electron chi connectivity index (χ0n) is 12.2. The van der Waals surface area contributed by atoms with Crippen LogP contribution in [-0.2, 0) is 6.61 Å². The van der Waals surface area contributed by atoms with Gasteiger partial charge in [-0.05, 0) is 42.3 Å². The van der Waals surface area contributed by atoms with Crippen LogP contribution in [0.2, 0.25) is 0 Å². The number of nitriles is 1. The van der Waals surface area contributed by atoms with Crippen molar-refractivity contribution in [2.24, 2.45) is 5.73 Å². The molecular weight excluding hydrogens is 264 g/mol. The van der Waals surface area contributed by atoms with E-state index < -0.39 is 0 Å². The van der Waals surface area contributed by atoms with Crippen LogP contribution in [-0.4, -0.2) is 7.11 Å². The number of hydrogen-bond donors (Lipinski definition) is 1. The maximum Gasteiger partial charge on any atom is 0.161 e. The lowest BCUT2D eigenvalue weighted by Crippen LogP contribution is -2.05. The fourth-order valence-corrected chi connectivity index (χ4v) is 1.92. The molecule has 21 heavy (non-hydrogen) atoms. The first-order chi connectivity index (χ1) is 10.1. The summed E-state index contributed by atoms with van der Waals surface area (Å²) in [5.74, 6) is 1.34. The molecule has 108 valence electrons. The number of nitrogens with two attached hydrogens (primary N) is 1. The molecule has 2 N–H and O–H groups in total. The average Bonchev–Trinajstić information content (AvgIpc) is 2.53. The number of benzene rings is 2. The average molecular weight is 282 g/mol. The molecule has 1 unspecified atom stereocenters. The third-order valence-electron chi connectivity index (χ3n) is 3.19. The van der Waals surface area contributed by atoms with Crippen LogP contribution in [0.25, 0.3) is 0 Å². The second-order valence-electron chi connectivity index (χ2n) is 4.80. The van der Waals surface area contributed by atoms with Crippen LogP contribution in [0.3, 0.4) is 0 Å². The summed E-state index contributed by atoms with van der Waals surface area (Å²) < 4.78 is 11.1. The lowest BCUT2D eigenvalue weighted by Gasteiger charge is -2.13. The summed E-state index contributed by atoms with van der Waals surface area (Å²) in [5.41, 5.74) is 8.48. The largest absolute Gasteiger partial charge is 0.493 e. The molecule has 0 amide bonds. The first-order valence-corrected chi connectivity index (χ1v) is 6.69. The monoisotopic (exact) mass is 282 g/mol. The predicted octanol–water partition coefficient (Wildman–Crippen LogP) is 3.17. The van der Waals surface area contributed by atoms with Gasteiger partial charge in [-0.25, -0.2) is 0 Å². The second-order valence-corrected chi connectivity index (χ2v) is 4.80. The Hall–Kier alpha value is -2.51. The Bertz CT molecular complexity index is 643. The van der Waals surface area contributed by atoms with Crippen molar-refractivity contribution >= 4 is 0 Å². The molecule has 0 saturated heterocycles. The first-order valence-electron chi connectivity index (χ1n) is 6.69. The SMILES string of the molecule is COc1cc(C(C)N)ccc1OCc1ccc(C#N)cc1. The number of rotatable bonds is 5. The van der Waals surface area contributed by atoms with Crippen LogP contribution < -0.4 is 15.2 Å². The zero-order chi connectivity index (χ0) is 15.2. The topological polar surface area (TPSA) is 68.3 Å². The van der Waals surface area contributed by atoms with Crippen molar-refractivity contribution in [2.45, 2.75) is 19.6 Å². The van der Waals surface area contributed by atoms with Crippen LogP contribution in [0.4, 0.5) is 0 Å². The summed E-state index contributed by atoms with van der Waals surface area (Å²) in [7, 11) is 1.61. The summed E-state index contributed by atoms with van der Waals surface area (Å²) in [5, 5.41) is 8.77. The maximum absolute atomic E-state index is 8.77. The number of nitrogens with zero attached hydrogens (tertiary/aromatic N) is 1. The summed E-state index contributed by atoms with van der Waals surface area (Å²) in [6, 6.07) is 15.0. The molecule has 2 rings (SSSR count). The Kier molecular flexibility index (Phi) is 4.81. The van der Waals surface area contributed by atoms with Gasteiger partial charge < -0.3 is 15.2 Å². The van der Waals surface area contributed by atoms with Crippen LogP contribution in [0, 0.1) is 11.3 Å². The Morgan fingerprint density at radius 1 is 1.14 bits per heavy atom. The van der Waals surface area contributed by atoms with E-state index in [4.69, 9.17) is 20.5 Å². The van der Waals surface area contributed by atoms with Crippen molar-refractivity contribution < 1.29 is 9.47 Å². The Morgan fingerprint density at radius 3 is 2.43 bits per heavy atom. The van der Waals surface area contributed by atoms with Gasteiger partial charge in [0.1, 0.15) is 6.61 Å². The van der Waals surface area contributed by atoms with Gasteiger partial charge in [0.05, 0.1) is 18.7 Å². The molecule has 0 radical (unpaired) electrons. The molecule has 0 aliphatic heterocycles. The van der Waals surface area contributed by atoms with Crippen molar-refractivity contribution in [1.29, 1.82) is 5.26 Å². The Morgan fingerprint density at radius 2 is 1.86 bits per heavy atom. The molecule has 1 atom stereocenters. The van der Waals surface area contributed by atoms with E-state index in [-0.39, 0.29) is 6.04 Å². The molecule has 4 nitrogen and oxygen atoms in total. The minimum Gasteiger partial charge on any atom is -0.493 e. The van der Waals surface area contributed by atoms with E-state index >= 15 is 0 Å². The lowest BCUT2D eigenvalue weighted by atomic mass is 10.1. The molecule has 0 aromatic heterocycles. The minimum absolute atomic E-state index is 0.0496. The molecular formula is C17H18N2O2. The summed E-state index contributed by atoms with van der Waals surface area (Å²) in [6.45, 7) is 2.34. The highest BCUT2D eigenvalue weighted by Crippen LogP contribution is 2.30. The van der Waals surface area contributed by atoms with Gasteiger partial charge in [-0.2, -0.15) is 5.26 Å². The molecule has 0 spiro atoms. The fourth-order valence-electron chi connectivity index (χ4n) is 1.92. The Balaban J connectivity index is 2.10. The second kappa shape index (κ2) is 6.78. The highest BCUT2D eigenvalue weighted by Gasteiger charge is 2.08. The lowest BCUT2D eigenvalue weighted by molar-refractivity contribution is 0.284. The number of ether oxygens (including phenoxy) is 2. The van der Waals surface area contributed by atoms with E-state index in [1.807, 2.05) is 37.3 Å². The molecule has 4 heteroatoms. The summed E-state index contributed by atoms with van der Waals surface area (Å²) in [6.07, 6.45) is 0. The van der Waals surface area contributed by atoms with Crippen molar-refractivity contribution in [3.05, 3.63) is 59.2 Å². The fraction of sp³-hybridized carbons (Fsp3) is 0.235. The first kappa shape index (κ1) is 14.9. The quantitative estimate of drug-likeness (QED) is 0.914. The van der Waals surface area contributed by atoms with Gasteiger partial charge in [0.25, 0.3) is 0 Å². The molecule has 0 fully saturated rings. The van der Waals surface area contributed by atoms with E-state index in [2.05, 4.69) is 6.07 Å². The van der Waals surface area contributed by atoms with E-state index in [0.717, 1.165) is 11.1 Å². The molecule has 0 saturated carbocycles. The van der Waals surface area contributed by atoms with Gasteiger partial charge in [0.2, 0.25) is 0 Å². The van der Waals surface area contributed by atoms with Crippen molar-refractivity contribution in [3.8, 4) is 17.6 Å². The van der Waals surface area contributed by atoms with E-state index in [1.54, 1.807) is 19.2 Å². The van der Waals surface area contributed by atoms with Crippen LogP contribution >= 0.6 is 0 Å².